The van der Waals surface area contributed by atoms with Crippen molar-refractivity contribution in [2.24, 2.45) is 4.99 Å². The van der Waals surface area contributed by atoms with Crippen molar-refractivity contribution in [2.45, 2.75) is 27.7 Å². The minimum absolute atomic E-state index is 1.05. The molecule has 0 bridgehead atoms. The molecule has 1 nitrogen and oxygen atoms in total. The van der Waals surface area contributed by atoms with E-state index in [0.717, 1.165) is 5.70 Å². The SMILES string of the molecule is CC.CC=N/C(=C\C)c1ccsc1. The predicted molar refractivity (Wildman–Crippen MR) is 63.5 cm³/mol. The van der Waals surface area contributed by atoms with E-state index in [0.29, 0.717) is 0 Å². The lowest BCUT2D eigenvalue weighted by Gasteiger charge is -1.93. The summed E-state index contributed by atoms with van der Waals surface area (Å²) >= 11 is 1.69. The molecule has 0 aliphatic heterocycles. The first-order chi connectivity index (χ1) is 6.38. The van der Waals surface area contributed by atoms with Crippen LogP contribution in [0, 0.1) is 0 Å². The van der Waals surface area contributed by atoms with Gasteiger partial charge in [-0.1, -0.05) is 19.9 Å². The Morgan fingerprint density at radius 2 is 2.08 bits per heavy atom. The van der Waals surface area contributed by atoms with E-state index in [4.69, 9.17) is 0 Å². The Kier molecular flexibility index (Phi) is 7.21. The van der Waals surface area contributed by atoms with Crippen molar-refractivity contribution >= 4 is 23.2 Å². The fourth-order valence-corrected chi connectivity index (χ4v) is 1.51. The molecular weight excluding hydrogens is 178 g/mol. The number of hydrogen-bond donors (Lipinski definition) is 0. The first-order valence-electron chi connectivity index (χ1n) is 4.56. The first-order valence-corrected chi connectivity index (χ1v) is 5.50. The van der Waals surface area contributed by atoms with E-state index in [2.05, 4.69) is 21.8 Å². The molecule has 1 aromatic heterocycles. The second kappa shape index (κ2) is 7.74. The summed E-state index contributed by atoms with van der Waals surface area (Å²) in [6, 6.07) is 2.08. The van der Waals surface area contributed by atoms with E-state index in [1.165, 1.54) is 5.56 Å². The molecule has 0 aliphatic carbocycles. The molecule has 0 spiro atoms. The fraction of sp³-hybridized carbons (Fsp3) is 0.364. The van der Waals surface area contributed by atoms with E-state index >= 15 is 0 Å². The zero-order valence-corrected chi connectivity index (χ0v) is 9.56. The van der Waals surface area contributed by atoms with Gasteiger partial charge in [-0.25, -0.2) is 0 Å². The van der Waals surface area contributed by atoms with Gasteiger partial charge in [0.1, 0.15) is 0 Å². The van der Waals surface area contributed by atoms with Gasteiger partial charge in [-0.15, -0.1) is 0 Å². The maximum absolute atomic E-state index is 4.23. The smallest absolute Gasteiger partial charge is 0.0663 e. The first kappa shape index (κ1) is 12.1. The van der Waals surface area contributed by atoms with E-state index in [1.54, 1.807) is 11.3 Å². The molecule has 1 rings (SSSR count). The predicted octanol–water partition coefficient (Wildman–Crippen LogP) is 4.23. The number of thiophene rings is 1. The average molecular weight is 195 g/mol. The molecule has 0 saturated carbocycles. The quantitative estimate of drug-likeness (QED) is 0.626. The Bertz CT molecular complexity index is 258. The van der Waals surface area contributed by atoms with E-state index < -0.39 is 0 Å². The zero-order valence-electron chi connectivity index (χ0n) is 8.74. The van der Waals surface area contributed by atoms with Crippen molar-refractivity contribution in [3.63, 3.8) is 0 Å². The minimum atomic E-state index is 1.05. The standard InChI is InChI=1S/C9H11NS.C2H6/c1-3-9(10-4-2)8-5-6-11-7-8;1-2/h3-7H,1-2H3;1-2H3/b9-3-,10-4?;. The second-order valence-corrected chi connectivity index (χ2v) is 2.85. The minimum Gasteiger partial charge on any atom is -0.261 e. The Labute approximate surface area is 84.8 Å². The van der Waals surface area contributed by atoms with Gasteiger partial charge in [-0.3, -0.25) is 4.99 Å². The summed E-state index contributed by atoms with van der Waals surface area (Å²) in [7, 11) is 0. The number of nitrogens with zero attached hydrogens (tertiary/aromatic N) is 1. The topological polar surface area (TPSA) is 12.4 Å². The molecule has 0 aliphatic rings. The summed E-state index contributed by atoms with van der Waals surface area (Å²) in [5.74, 6) is 0. The molecule has 0 fully saturated rings. The number of rotatable bonds is 2. The van der Waals surface area contributed by atoms with Crippen molar-refractivity contribution in [3.05, 3.63) is 28.5 Å². The molecule has 0 amide bonds. The van der Waals surface area contributed by atoms with Crippen LogP contribution < -0.4 is 0 Å². The maximum atomic E-state index is 4.23. The molecule has 0 N–H and O–H groups in total. The Balaban J connectivity index is 0.000000671. The van der Waals surface area contributed by atoms with E-state index in [1.807, 2.05) is 40.0 Å². The molecule has 13 heavy (non-hydrogen) atoms. The summed E-state index contributed by atoms with van der Waals surface area (Å²) in [6.07, 6.45) is 3.83. The third kappa shape index (κ3) is 4.04. The van der Waals surface area contributed by atoms with Gasteiger partial charge in [0.15, 0.2) is 0 Å². The molecule has 2 heteroatoms. The summed E-state index contributed by atoms with van der Waals surface area (Å²) in [4.78, 5) is 4.23. The van der Waals surface area contributed by atoms with Crippen molar-refractivity contribution in [1.29, 1.82) is 0 Å². The Morgan fingerprint density at radius 3 is 2.46 bits per heavy atom. The van der Waals surface area contributed by atoms with Crippen LogP contribution in [-0.4, -0.2) is 6.21 Å². The van der Waals surface area contributed by atoms with Crippen LogP contribution in [0.3, 0.4) is 0 Å². The molecule has 1 heterocycles. The fourth-order valence-electron chi connectivity index (χ4n) is 0.865. The lowest BCUT2D eigenvalue weighted by atomic mass is 10.2. The van der Waals surface area contributed by atoms with E-state index in [9.17, 15) is 0 Å². The van der Waals surface area contributed by atoms with Crippen LogP contribution in [0.4, 0.5) is 0 Å². The summed E-state index contributed by atoms with van der Waals surface area (Å²) in [5, 5.41) is 4.16. The highest BCUT2D eigenvalue weighted by atomic mass is 32.1. The lowest BCUT2D eigenvalue weighted by molar-refractivity contribution is 1.50. The van der Waals surface area contributed by atoms with Gasteiger partial charge in [0, 0.05) is 17.2 Å². The highest BCUT2D eigenvalue weighted by Crippen LogP contribution is 2.17. The zero-order chi connectivity index (χ0) is 10.1. The van der Waals surface area contributed by atoms with Crippen LogP contribution in [0.5, 0.6) is 0 Å². The van der Waals surface area contributed by atoms with Gasteiger partial charge in [0.05, 0.1) is 5.70 Å². The van der Waals surface area contributed by atoms with Crippen LogP contribution in [0.1, 0.15) is 33.3 Å². The van der Waals surface area contributed by atoms with Crippen LogP contribution in [0.15, 0.2) is 27.9 Å². The lowest BCUT2D eigenvalue weighted by Crippen LogP contribution is -1.74. The van der Waals surface area contributed by atoms with Gasteiger partial charge < -0.3 is 0 Å². The third-order valence-electron chi connectivity index (χ3n) is 1.36. The molecule has 0 radical (unpaired) electrons. The Hall–Kier alpha value is -0.890. The Morgan fingerprint density at radius 1 is 1.38 bits per heavy atom. The summed E-state index contributed by atoms with van der Waals surface area (Å²) in [6.45, 7) is 7.93. The molecular formula is C11H17NS. The maximum Gasteiger partial charge on any atom is 0.0663 e. The molecule has 0 saturated heterocycles. The monoisotopic (exact) mass is 195 g/mol. The third-order valence-corrected chi connectivity index (χ3v) is 2.04. The van der Waals surface area contributed by atoms with Crippen molar-refractivity contribution in [3.8, 4) is 0 Å². The van der Waals surface area contributed by atoms with Crippen molar-refractivity contribution in [2.75, 3.05) is 0 Å². The van der Waals surface area contributed by atoms with E-state index in [-0.39, 0.29) is 0 Å². The summed E-state index contributed by atoms with van der Waals surface area (Å²) < 4.78 is 0. The molecule has 1 aromatic rings. The van der Waals surface area contributed by atoms with Crippen LogP contribution in [0.2, 0.25) is 0 Å². The molecule has 0 atom stereocenters. The summed E-state index contributed by atoms with van der Waals surface area (Å²) in [5.41, 5.74) is 2.25. The number of hydrogen-bond acceptors (Lipinski definition) is 2. The van der Waals surface area contributed by atoms with Crippen molar-refractivity contribution in [1.82, 2.24) is 0 Å². The molecule has 72 valence electrons. The van der Waals surface area contributed by atoms with Crippen LogP contribution in [0.25, 0.3) is 5.70 Å². The van der Waals surface area contributed by atoms with Gasteiger partial charge in [0.25, 0.3) is 0 Å². The molecule has 0 unspecified atom stereocenters. The number of allylic oxidation sites excluding steroid dienone is 1. The highest BCUT2D eigenvalue weighted by Gasteiger charge is 1.95. The van der Waals surface area contributed by atoms with Crippen molar-refractivity contribution < 1.29 is 0 Å². The highest BCUT2D eigenvalue weighted by molar-refractivity contribution is 7.08. The van der Waals surface area contributed by atoms with Gasteiger partial charge in [-0.2, -0.15) is 11.3 Å². The average Bonchev–Trinajstić information content (AvgIpc) is 2.70. The van der Waals surface area contributed by atoms with Crippen LogP contribution >= 0.6 is 11.3 Å². The second-order valence-electron chi connectivity index (χ2n) is 2.07. The van der Waals surface area contributed by atoms with Gasteiger partial charge >= 0.3 is 0 Å². The molecule has 0 aromatic carbocycles. The van der Waals surface area contributed by atoms with Gasteiger partial charge in [-0.05, 0) is 25.3 Å². The normalized spacial score (nSPS) is 11.2. The van der Waals surface area contributed by atoms with Crippen LogP contribution in [-0.2, 0) is 0 Å². The number of aliphatic imine (C=N–C) groups is 1. The largest absolute Gasteiger partial charge is 0.261 e. The van der Waals surface area contributed by atoms with Gasteiger partial charge in [0.2, 0.25) is 0 Å².